The number of hydrogen-bond acceptors (Lipinski definition) is 1. The molecule has 1 aromatic heterocycles. The fourth-order valence-corrected chi connectivity index (χ4v) is 8.81. The third-order valence-electron chi connectivity index (χ3n) is 11.6. The average molecular weight is 739 g/mol. The molecule has 0 saturated heterocycles. The topological polar surface area (TPSA) is 8.17 Å². The van der Waals surface area contributed by atoms with Crippen LogP contribution in [0, 0.1) is 0 Å². The fourth-order valence-electron chi connectivity index (χ4n) is 8.81. The molecule has 0 aliphatic rings. The van der Waals surface area contributed by atoms with Crippen molar-refractivity contribution in [2.24, 2.45) is 0 Å². The molecule has 58 heavy (non-hydrogen) atoms. The highest BCUT2D eigenvalue weighted by Crippen LogP contribution is 2.43. The molecule has 10 aromatic carbocycles. The van der Waals surface area contributed by atoms with E-state index in [1.807, 2.05) is 0 Å². The van der Waals surface area contributed by atoms with Gasteiger partial charge in [0.25, 0.3) is 0 Å². The van der Waals surface area contributed by atoms with Gasteiger partial charge in [-0.1, -0.05) is 182 Å². The summed E-state index contributed by atoms with van der Waals surface area (Å²) in [6.45, 7) is 0. The number of para-hydroxylation sites is 1. The maximum absolute atomic E-state index is 2.42. The Balaban J connectivity index is 0.998. The summed E-state index contributed by atoms with van der Waals surface area (Å²) in [5, 5.41) is 7.48. The van der Waals surface area contributed by atoms with Gasteiger partial charge in [0.2, 0.25) is 0 Å². The van der Waals surface area contributed by atoms with Crippen LogP contribution in [-0.4, -0.2) is 4.57 Å². The largest absolute Gasteiger partial charge is 0.310 e. The molecule has 272 valence electrons. The second-order valence-corrected chi connectivity index (χ2v) is 14.9. The summed E-state index contributed by atoms with van der Waals surface area (Å²) in [6.07, 6.45) is 0. The van der Waals surface area contributed by atoms with Crippen molar-refractivity contribution in [2.75, 3.05) is 4.90 Å². The zero-order valence-corrected chi connectivity index (χ0v) is 31.8. The van der Waals surface area contributed by atoms with E-state index in [2.05, 4.69) is 240 Å². The van der Waals surface area contributed by atoms with Gasteiger partial charge in [0.05, 0.1) is 16.7 Å². The first-order valence-corrected chi connectivity index (χ1v) is 19.9. The van der Waals surface area contributed by atoms with Gasteiger partial charge in [-0.15, -0.1) is 0 Å². The lowest BCUT2D eigenvalue weighted by Gasteiger charge is -2.28. The van der Waals surface area contributed by atoms with E-state index in [1.165, 1.54) is 76.7 Å². The lowest BCUT2D eigenvalue weighted by atomic mass is 9.96. The lowest BCUT2D eigenvalue weighted by molar-refractivity contribution is 1.19. The molecule has 2 heteroatoms. The second-order valence-electron chi connectivity index (χ2n) is 14.9. The van der Waals surface area contributed by atoms with E-state index in [0.29, 0.717) is 0 Å². The summed E-state index contributed by atoms with van der Waals surface area (Å²) in [4.78, 5) is 2.39. The zero-order chi connectivity index (χ0) is 38.4. The summed E-state index contributed by atoms with van der Waals surface area (Å²) in [6, 6.07) is 83.5. The van der Waals surface area contributed by atoms with E-state index in [1.54, 1.807) is 0 Å². The number of aromatic nitrogens is 1. The number of hydrogen-bond donors (Lipinski definition) is 0. The third-order valence-corrected chi connectivity index (χ3v) is 11.6. The summed E-state index contributed by atoms with van der Waals surface area (Å²) in [7, 11) is 0. The molecule has 0 spiro atoms. The maximum atomic E-state index is 2.42. The third kappa shape index (κ3) is 5.74. The van der Waals surface area contributed by atoms with Gasteiger partial charge in [-0.2, -0.15) is 0 Å². The number of anilines is 3. The highest BCUT2D eigenvalue weighted by Gasteiger charge is 2.19. The predicted molar refractivity (Wildman–Crippen MR) is 247 cm³/mol. The van der Waals surface area contributed by atoms with E-state index in [-0.39, 0.29) is 0 Å². The van der Waals surface area contributed by atoms with Gasteiger partial charge in [0.15, 0.2) is 0 Å². The van der Waals surface area contributed by atoms with Crippen LogP contribution in [0.15, 0.2) is 231 Å². The monoisotopic (exact) mass is 738 g/mol. The van der Waals surface area contributed by atoms with Crippen LogP contribution in [0.1, 0.15) is 0 Å². The Labute approximate surface area is 338 Å². The minimum atomic E-state index is 1.10. The Kier molecular flexibility index (Phi) is 8.19. The van der Waals surface area contributed by atoms with Gasteiger partial charge in [-0.05, 0) is 92.7 Å². The van der Waals surface area contributed by atoms with E-state index < -0.39 is 0 Å². The van der Waals surface area contributed by atoms with Crippen molar-refractivity contribution in [1.82, 2.24) is 4.57 Å². The Morgan fingerprint density at radius 2 is 0.793 bits per heavy atom. The first kappa shape index (κ1) is 33.6. The number of fused-ring (bicyclic) bond motifs is 6. The van der Waals surface area contributed by atoms with Crippen LogP contribution < -0.4 is 4.90 Å². The van der Waals surface area contributed by atoms with Crippen molar-refractivity contribution < 1.29 is 0 Å². The van der Waals surface area contributed by atoms with Crippen LogP contribution in [0.3, 0.4) is 0 Å². The SMILES string of the molecule is c1ccc(-c2ccc(N(c3ccc(-c4ccc(-n5c6ccccc6c6ccc7ccccc7c65)cc4)cc3)c3ccc(-c4ccccc4)c4ccccc34)cc2)cc1. The van der Waals surface area contributed by atoms with E-state index in [4.69, 9.17) is 0 Å². The van der Waals surface area contributed by atoms with Gasteiger partial charge in [-0.3, -0.25) is 0 Å². The van der Waals surface area contributed by atoms with Crippen molar-refractivity contribution in [1.29, 1.82) is 0 Å². The Hall–Kier alpha value is -7.68. The normalized spacial score (nSPS) is 11.4. The fraction of sp³-hybridized carbons (Fsp3) is 0. The first-order chi connectivity index (χ1) is 28.8. The highest BCUT2D eigenvalue weighted by molar-refractivity contribution is 6.18. The molecule has 0 radical (unpaired) electrons. The Bertz CT molecular complexity index is 3230. The van der Waals surface area contributed by atoms with Crippen molar-refractivity contribution in [3.05, 3.63) is 231 Å². The van der Waals surface area contributed by atoms with E-state index in [0.717, 1.165) is 22.7 Å². The van der Waals surface area contributed by atoms with Gasteiger partial charge in [0, 0.05) is 38.6 Å². The van der Waals surface area contributed by atoms with Crippen molar-refractivity contribution >= 4 is 60.4 Å². The number of rotatable bonds is 7. The summed E-state index contributed by atoms with van der Waals surface area (Å²) >= 11 is 0. The molecule has 11 rings (SSSR count). The minimum absolute atomic E-state index is 1.10. The van der Waals surface area contributed by atoms with Gasteiger partial charge >= 0.3 is 0 Å². The minimum Gasteiger partial charge on any atom is -0.310 e. The molecule has 0 aliphatic carbocycles. The molecule has 0 atom stereocenters. The molecule has 0 unspecified atom stereocenters. The quantitative estimate of drug-likeness (QED) is 0.158. The van der Waals surface area contributed by atoms with E-state index >= 15 is 0 Å². The Morgan fingerprint density at radius 3 is 1.45 bits per heavy atom. The van der Waals surface area contributed by atoms with Crippen LogP contribution >= 0.6 is 0 Å². The van der Waals surface area contributed by atoms with Crippen LogP contribution in [-0.2, 0) is 0 Å². The molecule has 0 N–H and O–H groups in total. The van der Waals surface area contributed by atoms with Gasteiger partial charge in [-0.25, -0.2) is 0 Å². The van der Waals surface area contributed by atoms with Crippen LogP contribution in [0.5, 0.6) is 0 Å². The molecule has 0 bridgehead atoms. The van der Waals surface area contributed by atoms with Crippen molar-refractivity contribution in [3.8, 4) is 39.1 Å². The maximum Gasteiger partial charge on any atom is 0.0619 e. The zero-order valence-electron chi connectivity index (χ0n) is 31.8. The van der Waals surface area contributed by atoms with Crippen LogP contribution in [0.4, 0.5) is 17.1 Å². The predicted octanol–water partition coefficient (Wildman–Crippen LogP) is 15.6. The molecule has 0 fully saturated rings. The summed E-state index contributed by atoms with van der Waals surface area (Å²) in [5.74, 6) is 0. The van der Waals surface area contributed by atoms with Gasteiger partial charge < -0.3 is 9.47 Å². The molecule has 0 amide bonds. The standard InChI is InChI=1S/C56H38N2/c1-3-13-39(14-4-1)40-23-30-45(31-24-40)57(55-38-37-48(43-15-5-2-6-16-43)50-19-9-10-20-51(50)55)46-32-25-41(26-33-46)42-27-34-47(35-28-42)58-54-22-12-11-21-52(54)53-36-29-44-17-7-8-18-49(44)56(53)58/h1-38H. The van der Waals surface area contributed by atoms with Crippen molar-refractivity contribution in [3.63, 3.8) is 0 Å². The number of nitrogens with zero attached hydrogens (tertiary/aromatic N) is 2. The first-order valence-electron chi connectivity index (χ1n) is 19.9. The molecule has 1 heterocycles. The molecule has 2 nitrogen and oxygen atoms in total. The second kappa shape index (κ2) is 14.1. The Morgan fingerprint density at radius 1 is 0.293 bits per heavy atom. The smallest absolute Gasteiger partial charge is 0.0619 e. The van der Waals surface area contributed by atoms with Crippen LogP contribution in [0.25, 0.3) is 82.4 Å². The lowest BCUT2D eigenvalue weighted by Crippen LogP contribution is -2.10. The molecular weight excluding hydrogens is 701 g/mol. The molecule has 11 aromatic rings. The summed E-state index contributed by atoms with van der Waals surface area (Å²) < 4.78 is 2.42. The van der Waals surface area contributed by atoms with Crippen molar-refractivity contribution in [2.45, 2.75) is 0 Å². The van der Waals surface area contributed by atoms with Gasteiger partial charge in [0.1, 0.15) is 0 Å². The number of benzene rings is 10. The van der Waals surface area contributed by atoms with E-state index in [9.17, 15) is 0 Å². The van der Waals surface area contributed by atoms with Crippen LogP contribution in [0.2, 0.25) is 0 Å². The average Bonchev–Trinajstić information content (AvgIpc) is 3.65. The highest BCUT2D eigenvalue weighted by atomic mass is 15.1. The molecule has 0 saturated carbocycles. The summed E-state index contributed by atoms with van der Waals surface area (Å²) in [5.41, 5.74) is 14.2. The molecule has 0 aliphatic heterocycles. The molecular formula is C56H38N2.